The van der Waals surface area contributed by atoms with Gasteiger partial charge in [0.25, 0.3) is 10.0 Å². The van der Waals surface area contributed by atoms with Crippen LogP contribution in [0.5, 0.6) is 0 Å². The highest BCUT2D eigenvalue weighted by atomic mass is 32.2. The molecule has 19 heavy (non-hydrogen) atoms. The molecule has 0 rings (SSSR count). The fourth-order valence-electron chi connectivity index (χ4n) is 1.23. The molecular formula is C9H18F5N2O2S+. The summed E-state index contributed by atoms with van der Waals surface area (Å²) in [5, 5.41) is -5.77. The van der Waals surface area contributed by atoms with E-state index in [0.717, 1.165) is 0 Å². The molecule has 0 spiro atoms. The molecule has 0 unspecified atom stereocenters. The molecule has 0 radical (unpaired) electrons. The summed E-state index contributed by atoms with van der Waals surface area (Å²) in [7, 11) is 0.339. The molecule has 0 saturated heterocycles. The summed E-state index contributed by atoms with van der Waals surface area (Å²) >= 11 is 0. The molecule has 0 bridgehead atoms. The van der Waals surface area contributed by atoms with Gasteiger partial charge in [0, 0.05) is 20.0 Å². The molecule has 0 saturated carbocycles. The van der Waals surface area contributed by atoms with Crippen LogP contribution in [-0.4, -0.2) is 69.9 Å². The Bertz CT molecular complexity index is 400. The largest absolute Gasteiger partial charge is 0.470 e. The zero-order chi connectivity index (χ0) is 15.7. The summed E-state index contributed by atoms with van der Waals surface area (Å²) in [4.78, 5) is 0. The summed E-state index contributed by atoms with van der Waals surface area (Å²) in [5.74, 6) is 0. The third kappa shape index (κ3) is 4.53. The maximum atomic E-state index is 12.9. The van der Waals surface area contributed by atoms with Crippen LogP contribution in [0, 0.1) is 0 Å². The van der Waals surface area contributed by atoms with Gasteiger partial charge < -0.3 is 4.48 Å². The normalized spacial score (nSPS) is 15.1. The summed E-state index contributed by atoms with van der Waals surface area (Å²) in [6, 6.07) is 0. The van der Waals surface area contributed by atoms with Gasteiger partial charge in [-0.15, -0.1) is 0 Å². The van der Waals surface area contributed by atoms with E-state index in [1.807, 2.05) is 0 Å². The third-order valence-corrected chi connectivity index (χ3v) is 4.25. The van der Waals surface area contributed by atoms with E-state index in [1.165, 1.54) is 0 Å². The van der Waals surface area contributed by atoms with Crippen LogP contribution in [0.25, 0.3) is 0 Å². The number of rotatable bonds is 6. The molecule has 116 valence electrons. The van der Waals surface area contributed by atoms with E-state index in [4.69, 9.17) is 0 Å². The van der Waals surface area contributed by atoms with Crippen LogP contribution in [0.15, 0.2) is 0 Å². The Labute approximate surface area is 109 Å². The van der Waals surface area contributed by atoms with Crippen LogP contribution in [0.4, 0.5) is 22.0 Å². The summed E-state index contributed by atoms with van der Waals surface area (Å²) in [6.45, 7) is 0.0426. The lowest BCUT2D eigenvalue weighted by Crippen LogP contribution is -2.51. The van der Waals surface area contributed by atoms with Crippen LogP contribution < -0.4 is 0 Å². The molecule has 4 nitrogen and oxygen atoms in total. The number of quaternary nitrogens is 1. The number of nitrogens with zero attached hydrogens (tertiary/aromatic N) is 2. The molecule has 0 aromatic rings. The standard InChI is InChI=1S/C9H18F5N2O2S/c1-15(6-5-7-16(2,3)4)19(17,18)9(13,14)8(10,11)12/h5-7H2,1-4H3/q+1. The fourth-order valence-corrected chi connectivity index (χ4v) is 2.28. The highest BCUT2D eigenvalue weighted by Gasteiger charge is 2.68. The van der Waals surface area contributed by atoms with Gasteiger partial charge in [-0.1, -0.05) is 0 Å². The lowest BCUT2D eigenvalue weighted by molar-refractivity contribution is -0.870. The van der Waals surface area contributed by atoms with Gasteiger partial charge in [-0.2, -0.15) is 26.3 Å². The van der Waals surface area contributed by atoms with Crippen LogP contribution in [-0.2, 0) is 10.0 Å². The Morgan fingerprint density at radius 2 is 1.47 bits per heavy atom. The smallest absolute Gasteiger partial charge is 0.331 e. The third-order valence-electron chi connectivity index (χ3n) is 2.37. The van der Waals surface area contributed by atoms with Crippen molar-refractivity contribution >= 4 is 10.0 Å². The van der Waals surface area contributed by atoms with Crippen molar-refractivity contribution in [1.82, 2.24) is 4.31 Å². The molecule has 0 aromatic heterocycles. The number of alkyl halides is 5. The van der Waals surface area contributed by atoms with Gasteiger partial charge in [-0.25, -0.2) is 8.42 Å². The zero-order valence-corrected chi connectivity index (χ0v) is 11.9. The Balaban J connectivity index is 4.85. The van der Waals surface area contributed by atoms with Gasteiger partial charge in [0.05, 0.1) is 27.7 Å². The van der Waals surface area contributed by atoms with Gasteiger partial charge in [0.15, 0.2) is 0 Å². The molecule has 10 heteroatoms. The Morgan fingerprint density at radius 3 is 1.79 bits per heavy atom. The van der Waals surface area contributed by atoms with E-state index >= 15 is 0 Å². The van der Waals surface area contributed by atoms with Crippen molar-refractivity contribution in [2.45, 2.75) is 17.9 Å². The molecule has 0 N–H and O–H groups in total. The second-order valence-corrected chi connectivity index (χ2v) is 7.29. The molecule has 0 aromatic carbocycles. The number of sulfonamides is 1. The van der Waals surface area contributed by atoms with E-state index in [9.17, 15) is 30.4 Å². The van der Waals surface area contributed by atoms with Crippen molar-refractivity contribution in [3.63, 3.8) is 0 Å². The van der Waals surface area contributed by atoms with E-state index in [-0.39, 0.29) is 10.7 Å². The van der Waals surface area contributed by atoms with Crippen molar-refractivity contribution in [2.24, 2.45) is 0 Å². The molecule has 0 aliphatic heterocycles. The average molecular weight is 313 g/mol. The predicted molar refractivity (Wildman–Crippen MR) is 60.1 cm³/mol. The molecular weight excluding hydrogens is 295 g/mol. The monoisotopic (exact) mass is 313 g/mol. The first-order valence-corrected chi connectivity index (χ1v) is 6.78. The summed E-state index contributed by atoms with van der Waals surface area (Å²) < 4.78 is 84.8. The van der Waals surface area contributed by atoms with Gasteiger partial charge >= 0.3 is 11.4 Å². The highest BCUT2D eigenvalue weighted by Crippen LogP contribution is 2.41. The predicted octanol–water partition coefficient (Wildman–Crippen LogP) is 1.50. The number of hydrogen-bond acceptors (Lipinski definition) is 2. The number of hydrogen-bond donors (Lipinski definition) is 0. The summed E-state index contributed by atoms with van der Waals surface area (Å²) in [6.07, 6.45) is -5.95. The first-order chi connectivity index (χ1) is 8.13. The Morgan fingerprint density at radius 1 is 1.05 bits per heavy atom. The van der Waals surface area contributed by atoms with Crippen LogP contribution in [0.3, 0.4) is 0 Å². The molecule has 0 heterocycles. The molecule has 0 aliphatic rings. The van der Waals surface area contributed by atoms with Crippen molar-refractivity contribution in [1.29, 1.82) is 0 Å². The van der Waals surface area contributed by atoms with Gasteiger partial charge in [0.2, 0.25) is 0 Å². The molecule has 0 atom stereocenters. The van der Waals surface area contributed by atoms with Crippen molar-refractivity contribution in [3.05, 3.63) is 0 Å². The zero-order valence-electron chi connectivity index (χ0n) is 11.1. The summed E-state index contributed by atoms with van der Waals surface area (Å²) in [5.41, 5.74) is 0. The Kier molecular flexibility index (Phi) is 5.35. The average Bonchev–Trinajstić information content (AvgIpc) is 2.13. The van der Waals surface area contributed by atoms with Crippen LogP contribution in [0.2, 0.25) is 0 Å². The van der Waals surface area contributed by atoms with Crippen LogP contribution >= 0.6 is 0 Å². The van der Waals surface area contributed by atoms with Crippen molar-refractivity contribution in [2.75, 3.05) is 41.3 Å². The molecule has 0 amide bonds. The SMILES string of the molecule is CN(CCC[N+](C)(C)C)S(=O)(=O)C(F)(F)C(F)(F)F. The fraction of sp³-hybridized carbons (Fsp3) is 1.00. The minimum absolute atomic E-state index is 0.0517. The molecule has 0 fully saturated rings. The Hall–Kier alpha value is -0.480. The quantitative estimate of drug-likeness (QED) is 0.550. The number of halogens is 5. The lowest BCUT2D eigenvalue weighted by atomic mass is 10.4. The van der Waals surface area contributed by atoms with Gasteiger partial charge in [-0.05, 0) is 0 Å². The maximum absolute atomic E-state index is 12.9. The van der Waals surface area contributed by atoms with E-state index < -0.39 is 28.0 Å². The first-order valence-electron chi connectivity index (χ1n) is 5.34. The minimum atomic E-state index is -6.12. The first kappa shape index (κ1) is 18.5. The van der Waals surface area contributed by atoms with E-state index in [1.54, 1.807) is 21.1 Å². The van der Waals surface area contributed by atoms with Crippen LogP contribution in [0.1, 0.15) is 6.42 Å². The van der Waals surface area contributed by atoms with Crippen molar-refractivity contribution in [3.8, 4) is 0 Å². The van der Waals surface area contributed by atoms with E-state index in [0.29, 0.717) is 18.1 Å². The molecule has 0 aliphatic carbocycles. The lowest BCUT2D eigenvalue weighted by Gasteiger charge is -2.27. The van der Waals surface area contributed by atoms with Gasteiger partial charge in [0.1, 0.15) is 0 Å². The second-order valence-electron chi connectivity index (χ2n) is 5.21. The second kappa shape index (κ2) is 5.49. The topological polar surface area (TPSA) is 37.4 Å². The van der Waals surface area contributed by atoms with Gasteiger partial charge in [-0.3, -0.25) is 0 Å². The van der Waals surface area contributed by atoms with E-state index in [2.05, 4.69) is 0 Å². The maximum Gasteiger partial charge on any atom is 0.470 e. The highest BCUT2D eigenvalue weighted by molar-refractivity contribution is 7.90. The van der Waals surface area contributed by atoms with Crippen molar-refractivity contribution < 1.29 is 34.9 Å². The minimum Gasteiger partial charge on any atom is -0.331 e.